The maximum Gasteiger partial charge on any atom is 0.276 e. The van der Waals surface area contributed by atoms with Gasteiger partial charge in [0.05, 0.1) is 31.1 Å². The summed E-state index contributed by atoms with van der Waals surface area (Å²) in [5.74, 6) is 0.389. The molecule has 0 spiro atoms. The Balaban J connectivity index is 1.92. The Labute approximate surface area is 115 Å². The van der Waals surface area contributed by atoms with E-state index in [1.54, 1.807) is 18.0 Å². The monoisotopic (exact) mass is 276 g/mol. The number of nitrogens with zero attached hydrogens (tertiary/aromatic N) is 3. The van der Waals surface area contributed by atoms with Crippen LogP contribution in [0.5, 0.6) is 0 Å². The number of morpholine rings is 1. The van der Waals surface area contributed by atoms with Crippen molar-refractivity contribution < 1.29 is 13.9 Å². The number of hydrogen-bond acceptors (Lipinski definition) is 5. The number of hydrogen-bond donors (Lipinski definition) is 1. The average molecular weight is 276 g/mol. The zero-order valence-electron chi connectivity index (χ0n) is 11.4. The van der Waals surface area contributed by atoms with Crippen LogP contribution < -0.4 is 0 Å². The van der Waals surface area contributed by atoms with Crippen LogP contribution in [0.3, 0.4) is 0 Å². The van der Waals surface area contributed by atoms with Gasteiger partial charge in [-0.2, -0.15) is 5.10 Å². The summed E-state index contributed by atoms with van der Waals surface area (Å²) in [7, 11) is 0. The first-order valence-corrected chi connectivity index (χ1v) is 6.47. The second-order valence-electron chi connectivity index (χ2n) is 4.81. The third-order valence-corrected chi connectivity index (χ3v) is 3.54. The van der Waals surface area contributed by atoms with Gasteiger partial charge >= 0.3 is 0 Å². The first-order chi connectivity index (χ1) is 9.68. The molecule has 7 nitrogen and oxygen atoms in total. The smallest absolute Gasteiger partial charge is 0.276 e. The van der Waals surface area contributed by atoms with Crippen molar-refractivity contribution in [2.75, 3.05) is 19.8 Å². The van der Waals surface area contributed by atoms with Crippen LogP contribution in [0.4, 0.5) is 0 Å². The second kappa shape index (κ2) is 5.09. The number of rotatable bonds is 2. The zero-order chi connectivity index (χ0) is 14.1. The van der Waals surface area contributed by atoms with Crippen molar-refractivity contribution in [2.24, 2.45) is 0 Å². The number of aryl methyl sites for hydroxylation is 2. The van der Waals surface area contributed by atoms with Crippen molar-refractivity contribution in [3.05, 3.63) is 35.3 Å². The molecule has 0 saturated carbocycles. The number of oxazole rings is 1. The molecule has 1 atom stereocenters. The molecule has 1 saturated heterocycles. The highest BCUT2D eigenvalue weighted by Crippen LogP contribution is 2.26. The Morgan fingerprint density at radius 3 is 3.00 bits per heavy atom. The van der Waals surface area contributed by atoms with E-state index < -0.39 is 0 Å². The number of H-pyrrole nitrogens is 1. The van der Waals surface area contributed by atoms with E-state index >= 15 is 0 Å². The molecule has 20 heavy (non-hydrogen) atoms. The van der Waals surface area contributed by atoms with Crippen LogP contribution in [-0.2, 0) is 4.74 Å². The maximum absolute atomic E-state index is 12.6. The number of amides is 1. The third kappa shape index (κ3) is 2.09. The Bertz CT molecular complexity index is 619. The lowest BCUT2D eigenvalue weighted by Crippen LogP contribution is -2.44. The van der Waals surface area contributed by atoms with Gasteiger partial charge in [-0.25, -0.2) is 4.98 Å². The maximum atomic E-state index is 12.6. The van der Waals surface area contributed by atoms with Gasteiger partial charge in [-0.3, -0.25) is 9.89 Å². The van der Waals surface area contributed by atoms with E-state index in [2.05, 4.69) is 15.2 Å². The van der Waals surface area contributed by atoms with Crippen LogP contribution in [0.2, 0.25) is 0 Å². The first-order valence-electron chi connectivity index (χ1n) is 6.47. The van der Waals surface area contributed by atoms with Crippen LogP contribution in [0.25, 0.3) is 0 Å². The highest BCUT2D eigenvalue weighted by atomic mass is 16.5. The number of aromatic amines is 1. The molecule has 1 amide bonds. The van der Waals surface area contributed by atoms with Crippen molar-refractivity contribution >= 4 is 5.91 Å². The lowest BCUT2D eigenvalue weighted by atomic mass is 10.1. The Kier molecular flexibility index (Phi) is 3.27. The highest BCUT2D eigenvalue weighted by Gasteiger charge is 2.33. The van der Waals surface area contributed by atoms with Crippen molar-refractivity contribution in [3.63, 3.8) is 0 Å². The molecule has 0 aromatic carbocycles. The van der Waals surface area contributed by atoms with Crippen LogP contribution in [0.1, 0.15) is 33.5 Å². The van der Waals surface area contributed by atoms with E-state index in [1.807, 2.05) is 6.92 Å². The molecule has 1 N–H and O–H groups in total. The fourth-order valence-corrected chi connectivity index (χ4v) is 2.43. The molecule has 1 aliphatic rings. The molecule has 2 aromatic heterocycles. The topological polar surface area (TPSA) is 84.2 Å². The van der Waals surface area contributed by atoms with Gasteiger partial charge in [0.15, 0.2) is 12.1 Å². The molecular weight excluding hydrogens is 260 g/mol. The summed E-state index contributed by atoms with van der Waals surface area (Å²) < 4.78 is 10.6. The fourth-order valence-electron chi connectivity index (χ4n) is 2.43. The molecule has 2 aromatic rings. The molecule has 3 rings (SSSR count). The molecule has 1 aliphatic heterocycles. The minimum atomic E-state index is -0.171. The fraction of sp³-hybridized carbons (Fsp3) is 0.462. The van der Waals surface area contributed by atoms with Crippen molar-refractivity contribution in [2.45, 2.75) is 19.9 Å². The van der Waals surface area contributed by atoms with Crippen LogP contribution in [0, 0.1) is 13.8 Å². The number of ether oxygens (including phenoxy) is 1. The summed E-state index contributed by atoms with van der Waals surface area (Å²) in [5.41, 5.74) is 2.27. The minimum absolute atomic E-state index is 0.140. The average Bonchev–Trinajstić information content (AvgIpc) is 3.06. The molecule has 3 heterocycles. The number of carbonyl (C=O) groups excluding carboxylic acids is 1. The summed E-state index contributed by atoms with van der Waals surface area (Å²) in [6.07, 6.45) is 3.04. The van der Waals surface area contributed by atoms with Gasteiger partial charge < -0.3 is 14.1 Å². The quantitative estimate of drug-likeness (QED) is 0.891. The lowest BCUT2D eigenvalue weighted by Gasteiger charge is -2.34. The van der Waals surface area contributed by atoms with Crippen LogP contribution in [0.15, 0.2) is 17.0 Å². The van der Waals surface area contributed by atoms with Crippen molar-refractivity contribution in [3.8, 4) is 0 Å². The number of carbonyl (C=O) groups is 1. The number of nitrogens with one attached hydrogen (secondary N) is 1. The first kappa shape index (κ1) is 12.9. The molecule has 0 bridgehead atoms. The van der Waals surface area contributed by atoms with E-state index in [0.29, 0.717) is 31.2 Å². The van der Waals surface area contributed by atoms with Gasteiger partial charge in [0.2, 0.25) is 0 Å². The molecule has 106 valence electrons. The van der Waals surface area contributed by atoms with E-state index in [4.69, 9.17) is 9.15 Å². The summed E-state index contributed by atoms with van der Waals surface area (Å²) >= 11 is 0. The van der Waals surface area contributed by atoms with Gasteiger partial charge in [0.25, 0.3) is 5.91 Å². The molecule has 0 unspecified atom stereocenters. The summed E-state index contributed by atoms with van der Waals surface area (Å²) in [6.45, 7) is 5.18. The molecule has 0 aliphatic carbocycles. The van der Waals surface area contributed by atoms with E-state index in [0.717, 1.165) is 11.3 Å². The molecule has 0 radical (unpaired) electrons. The Morgan fingerprint density at radius 1 is 1.50 bits per heavy atom. The second-order valence-corrected chi connectivity index (χ2v) is 4.81. The van der Waals surface area contributed by atoms with Gasteiger partial charge in [-0.15, -0.1) is 0 Å². The predicted octanol–water partition coefficient (Wildman–Crippen LogP) is 1.23. The van der Waals surface area contributed by atoms with E-state index in [9.17, 15) is 4.79 Å². The summed E-state index contributed by atoms with van der Waals surface area (Å²) in [4.78, 5) is 18.4. The lowest BCUT2D eigenvalue weighted by molar-refractivity contribution is -0.00444. The van der Waals surface area contributed by atoms with E-state index in [-0.39, 0.29) is 11.9 Å². The van der Waals surface area contributed by atoms with Gasteiger partial charge in [0.1, 0.15) is 5.76 Å². The van der Waals surface area contributed by atoms with Gasteiger partial charge in [-0.05, 0) is 19.4 Å². The third-order valence-electron chi connectivity index (χ3n) is 3.54. The predicted molar refractivity (Wildman–Crippen MR) is 69.2 cm³/mol. The minimum Gasteiger partial charge on any atom is -0.448 e. The largest absolute Gasteiger partial charge is 0.448 e. The normalized spacial score (nSPS) is 19.3. The highest BCUT2D eigenvalue weighted by molar-refractivity contribution is 5.93. The van der Waals surface area contributed by atoms with Gasteiger partial charge in [0, 0.05) is 6.54 Å². The standard InChI is InChI=1S/C13H16N4O3/c1-8-5-15-16-11(8)10-6-19-4-3-17(10)13(18)12-9(2)20-7-14-12/h5,7,10H,3-4,6H2,1-2H3,(H,15,16)/t10-/m0/s1. The van der Waals surface area contributed by atoms with Crippen molar-refractivity contribution in [1.29, 1.82) is 0 Å². The molecular formula is C13H16N4O3. The molecule has 1 fully saturated rings. The van der Waals surface area contributed by atoms with Crippen molar-refractivity contribution in [1.82, 2.24) is 20.1 Å². The zero-order valence-corrected chi connectivity index (χ0v) is 11.4. The van der Waals surface area contributed by atoms with E-state index in [1.165, 1.54) is 6.39 Å². The molecule has 7 heteroatoms. The van der Waals surface area contributed by atoms with Crippen LogP contribution in [-0.4, -0.2) is 45.7 Å². The summed E-state index contributed by atoms with van der Waals surface area (Å²) in [6, 6.07) is -0.171. The SMILES string of the molecule is Cc1cn[nH]c1[C@@H]1COCCN1C(=O)c1ncoc1C. The number of aromatic nitrogens is 3. The summed E-state index contributed by atoms with van der Waals surface area (Å²) in [5, 5.41) is 6.97. The Morgan fingerprint density at radius 2 is 2.35 bits per heavy atom. The Hall–Kier alpha value is -2.15. The van der Waals surface area contributed by atoms with Gasteiger partial charge in [-0.1, -0.05) is 0 Å². The van der Waals surface area contributed by atoms with Crippen LogP contribution >= 0.6 is 0 Å².